The molecule has 17 heavy (non-hydrogen) atoms. The van der Waals surface area contributed by atoms with Crippen molar-refractivity contribution < 1.29 is 14.7 Å². The highest BCUT2D eigenvalue weighted by atomic mass is 16.3. The molecule has 0 aromatic carbocycles. The summed E-state index contributed by atoms with van der Waals surface area (Å²) in [4.78, 5) is 27.2. The van der Waals surface area contributed by atoms with Crippen LogP contribution in [0, 0.1) is 0 Å². The lowest BCUT2D eigenvalue weighted by Gasteiger charge is -2.37. The molecule has 0 bridgehead atoms. The highest BCUT2D eigenvalue weighted by Gasteiger charge is 2.36. The average molecular weight is 240 g/mol. The van der Waals surface area contributed by atoms with E-state index < -0.39 is 0 Å². The molecule has 1 N–H and O–H groups in total. The Bertz CT molecular complexity index is 306. The Morgan fingerprint density at radius 3 is 2.94 bits per heavy atom. The van der Waals surface area contributed by atoms with Gasteiger partial charge in [0.1, 0.15) is 0 Å². The van der Waals surface area contributed by atoms with Crippen LogP contribution in [0.2, 0.25) is 0 Å². The molecular formula is C12H20N2O3. The van der Waals surface area contributed by atoms with E-state index >= 15 is 0 Å². The molecule has 1 unspecified atom stereocenters. The van der Waals surface area contributed by atoms with E-state index in [1.165, 1.54) is 0 Å². The number of nitrogens with zero attached hydrogens (tertiary/aromatic N) is 2. The fourth-order valence-electron chi connectivity index (χ4n) is 2.64. The summed E-state index contributed by atoms with van der Waals surface area (Å²) in [6.45, 7) is 2.21. The first-order chi connectivity index (χ1) is 8.22. The maximum absolute atomic E-state index is 11.9. The summed E-state index contributed by atoms with van der Waals surface area (Å²) in [5, 5.41) is 8.67. The quantitative estimate of drug-likeness (QED) is 0.703. The molecular weight excluding hydrogens is 220 g/mol. The molecule has 5 heteroatoms. The Morgan fingerprint density at radius 2 is 2.18 bits per heavy atom. The SMILES string of the molecule is O=C(CCCCO)N1CCN2C(=O)CCC2C1. The second-order valence-corrected chi connectivity index (χ2v) is 4.80. The van der Waals surface area contributed by atoms with Crippen molar-refractivity contribution in [1.29, 1.82) is 0 Å². The molecule has 2 amide bonds. The summed E-state index contributed by atoms with van der Waals surface area (Å²) in [5.74, 6) is 0.403. The normalized spacial score (nSPS) is 24.1. The first kappa shape index (κ1) is 12.4. The molecule has 0 aromatic rings. The van der Waals surface area contributed by atoms with Crippen LogP contribution in [0.4, 0.5) is 0 Å². The molecule has 2 rings (SSSR count). The Morgan fingerprint density at radius 1 is 1.35 bits per heavy atom. The highest BCUT2D eigenvalue weighted by molar-refractivity contribution is 5.80. The molecule has 1 atom stereocenters. The van der Waals surface area contributed by atoms with Crippen LogP contribution in [0.25, 0.3) is 0 Å². The minimum atomic E-state index is 0.151. The maximum atomic E-state index is 11.9. The molecule has 0 saturated carbocycles. The van der Waals surface area contributed by atoms with E-state index in [-0.39, 0.29) is 24.5 Å². The van der Waals surface area contributed by atoms with Crippen molar-refractivity contribution in [3.63, 3.8) is 0 Å². The van der Waals surface area contributed by atoms with Crippen molar-refractivity contribution in [2.24, 2.45) is 0 Å². The van der Waals surface area contributed by atoms with Crippen molar-refractivity contribution in [3.05, 3.63) is 0 Å². The maximum Gasteiger partial charge on any atom is 0.223 e. The van der Waals surface area contributed by atoms with Gasteiger partial charge >= 0.3 is 0 Å². The molecule has 2 fully saturated rings. The molecule has 5 nitrogen and oxygen atoms in total. The number of carbonyl (C=O) groups is 2. The van der Waals surface area contributed by atoms with E-state index in [9.17, 15) is 9.59 Å². The number of carbonyl (C=O) groups excluding carboxylic acids is 2. The molecule has 2 aliphatic heterocycles. The summed E-state index contributed by atoms with van der Waals surface area (Å²) in [5.41, 5.74) is 0. The van der Waals surface area contributed by atoms with Crippen LogP contribution in [0.1, 0.15) is 32.1 Å². The molecule has 0 aromatic heterocycles. The number of hydrogen-bond donors (Lipinski definition) is 1. The largest absolute Gasteiger partial charge is 0.396 e. The standard InChI is InChI=1S/C12H20N2O3/c15-8-2-1-3-11(16)13-6-7-14-10(9-13)4-5-12(14)17/h10,15H,1-9H2. The van der Waals surface area contributed by atoms with Crippen molar-refractivity contribution in [3.8, 4) is 0 Å². The van der Waals surface area contributed by atoms with Crippen LogP contribution < -0.4 is 0 Å². The summed E-state index contributed by atoms with van der Waals surface area (Å²) in [7, 11) is 0. The third kappa shape index (κ3) is 2.77. The van der Waals surface area contributed by atoms with E-state index in [4.69, 9.17) is 5.11 Å². The number of fused-ring (bicyclic) bond motifs is 1. The summed E-state index contributed by atoms with van der Waals surface area (Å²) in [6.07, 6.45) is 3.48. The zero-order valence-corrected chi connectivity index (χ0v) is 10.1. The Kier molecular flexibility index (Phi) is 3.99. The molecule has 0 radical (unpaired) electrons. The lowest BCUT2D eigenvalue weighted by atomic mass is 10.1. The van der Waals surface area contributed by atoms with Crippen LogP contribution in [0.15, 0.2) is 0 Å². The number of unbranched alkanes of at least 4 members (excludes halogenated alkanes) is 1. The Labute approximate surface area is 101 Å². The fourth-order valence-corrected chi connectivity index (χ4v) is 2.64. The van der Waals surface area contributed by atoms with Gasteiger partial charge in [-0.3, -0.25) is 9.59 Å². The zero-order valence-electron chi connectivity index (χ0n) is 10.1. The van der Waals surface area contributed by atoms with Gasteiger partial charge in [-0.1, -0.05) is 0 Å². The molecule has 96 valence electrons. The van der Waals surface area contributed by atoms with Gasteiger partial charge in [0, 0.05) is 45.1 Å². The van der Waals surface area contributed by atoms with Crippen molar-refractivity contribution in [2.75, 3.05) is 26.2 Å². The smallest absolute Gasteiger partial charge is 0.223 e. The van der Waals surface area contributed by atoms with Gasteiger partial charge in [-0.2, -0.15) is 0 Å². The predicted molar refractivity (Wildman–Crippen MR) is 62.3 cm³/mol. The number of aliphatic hydroxyl groups is 1. The third-order valence-electron chi connectivity index (χ3n) is 3.65. The highest BCUT2D eigenvalue weighted by Crippen LogP contribution is 2.23. The van der Waals surface area contributed by atoms with E-state index in [0.717, 1.165) is 12.8 Å². The Balaban J connectivity index is 1.80. The second-order valence-electron chi connectivity index (χ2n) is 4.80. The number of rotatable bonds is 4. The van der Waals surface area contributed by atoms with E-state index in [2.05, 4.69) is 0 Å². The number of amides is 2. The van der Waals surface area contributed by atoms with Gasteiger partial charge in [-0.15, -0.1) is 0 Å². The predicted octanol–water partition coefficient (Wildman–Crippen LogP) is -0.0178. The number of hydrogen-bond acceptors (Lipinski definition) is 3. The number of piperazine rings is 1. The van der Waals surface area contributed by atoms with Gasteiger partial charge in [0.05, 0.1) is 0 Å². The van der Waals surface area contributed by atoms with Gasteiger partial charge in [-0.05, 0) is 19.3 Å². The van der Waals surface area contributed by atoms with Gasteiger partial charge in [0.25, 0.3) is 0 Å². The van der Waals surface area contributed by atoms with Gasteiger partial charge in [0.2, 0.25) is 11.8 Å². The first-order valence-electron chi connectivity index (χ1n) is 6.40. The number of aliphatic hydroxyl groups excluding tert-OH is 1. The summed E-state index contributed by atoms with van der Waals surface area (Å²) < 4.78 is 0. The lowest BCUT2D eigenvalue weighted by Crippen LogP contribution is -2.53. The van der Waals surface area contributed by atoms with Crippen LogP contribution >= 0.6 is 0 Å². The second kappa shape index (κ2) is 5.49. The van der Waals surface area contributed by atoms with Crippen LogP contribution in [0.5, 0.6) is 0 Å². The molecule has 2 heterocycles. The van der Waals surface area contributed by atoms with Crippen LogP contribution in [-0.2, 0) is 9.59 Å². The topological polar surface area (TPSA) is 60.9 Å². The van der Waals surface area contributed by atoms with E-state index in [1.54, 1.807) is 0 Å². The van der Waals surface area contributed by atoms with Gasteiger partial charge in [-0.25, -0.2) is 0 Å². The first-order valence-corrected chi connectivity index (χ1v) is 6.40. The lowest BCUT2D eigenvalue weighted by molar-refractivity contribution is -0.139. The van der Waals surface area contributed by atoms with E-state index in [0.29, 0.717) is 38.9 Å². The minimum absolute atomic E-state index is 0.151. The minimum Gasteiger partial charge on any atom is -0.396 e. The third-order valence-corrected chi connectivity index (χ3v) is 3.65. The van der Waals surface area contributed by atoms with Crippen molar-refractivity contribution >= 4 is 11.8 Å². The van der Waals surface area contributed by atoms with Crippen LogP contribution in [0.3, 0.4) is 0 Å². The van der Waals surface area contributed by atoms with Crippen LogP contribution in [-0.4, -0.2) is 59.0 Å². The molecule has 0 spiro atoms. The van der Waals surface area contributed by atoms with Gasteiger partial charge in [0.15, 0.2) is 0 Å². The van der Waals surface area contributed by atoms with Crippen molar-refractivity contribution in [2.45, 2.75) is 38.1 Å². The molecule has 0 aliphatic carbocycles. The van der Waals surface area contributed by atoms with Crippen molar-refractivity contribution in [1.82, 2.24) is 9.80 Å². The average Bonchev–Trinajstić information content (AvgIpc) is 2.71. The molecule has 2 saturated heterocycles. The summed E-state index contributed by atoms with van der Waals surface area (Å²) in [6, 6.07) is 0.248. The fraction of sp³-hybridized carbons (Fsp3) is 0.833. The summed E-state index contributed by atoms with van der Waals surface area (Å²) >= 11 is 0. The molecule has 2 aliphatic rings. The Hall–Kier alpha value is -1.10. The van der Waals surface area contributed by atoms with E-state index in [1.807, 2.05) is 9.80 Å². The van der Waals surface area contributed by atoms with Gasteiger partial charge < -0.3 is 14.9 Å². The zero-order chi connectivity index (χ0) is 12.3. The monoisotopic (exact) mass is 240 g/mol.